The summed E-state index contributed by atoms with van der Waals surface area (Å²) in [6, 6.07) is 13.1. The fourth-order valence-electron chi connectivity index (χ4n) is 6.86. The smallest absolute Gasteiger partial charge is 0.304 e. The summed E-state index contributed by atoms with van der Waals surface area (Å²) >= 11 is 0. The molecule has 3 aliphatic heterocycles. The van der Waals surface area contributed by atoms with Gasteiger partial charge in [-0.3, -0.25) is 4.79 Å². The second-order valence-electron chi connectivity index (χ2n) is 12.3. The third-order valence-electron chi connectivity index (χ3n) is 9.06. The first-order valence-electron chi connectivity index (χ1n) is 15.6. The van der Waals surface area contributed by atoms with Crippen LogP contribution in [-0.2, 0) is 22.4 Å². The number of likely N-dealkylation sites (tertiary alicyclic amines) is 1. The molecule has 3 aromatic rings. The Balaban J connectivity index is 1.17. The molecule has 9 nitrogen and oxygen atoms in total. The lowest BCUT2D eigenvalue weighted by Gasteiger charge is -2.31. The molecule has 0 unspecified atom stereocenters. The van der Waals surface area contributed by atoms with Crippen molar-refractivity contribution in [1.29, 1.82) is 0 Å². The highest BCUT2D eigenvalue weighted by molar-refractivity contribution is 5.68. The summed E-state index contributed by atoms with van der Waals surface area (Å²) in [5, 5.41) is 18.1. The van der Waals surface area contributed by atoms with Crippen LogP contribution in [0.15, 0.2) is 36.4 Å². The number of aliphatic carboxylic acids is 1. The minimum Gasteiger partial charge on any atom is -0.481 e. The van der Waals surface area contributed by atoms with Crippen LogP contribution in [0, 0.1) is 19.8 Å². The highest BCUT2D eigenvalue weighted by atomic mass is 16.5. The van der Waals surface area contributed by atoms with Gasteiger partial charge in [-0.15, -0.1) is 0 Å². The minimum absolute atomic E-state index is 0.105. The summed E-state index contributed by atoms with van der Waals surface area (Å²) in [5.74, 6) is 0.812. The summed E-state index contributed by atoms with van der Waals surface area (Å²) in [5.41, 5.74) is 7.71. The van der Waals surface area contributed by atoms with Crippen molar-refractivity contribution < 1.29 is 14.6 Å². The van der Waals surface area contributed by atoms with Gasteiger partial charge in [0.2, 0.25) is 0 Å². The molecule has 224 valence electrons. The van der Waals surface area contributed by atoms with Gasteiger partial charge >= 0.3 is 5.97 Å². The van der Waals surface area contributed by atoms with Gasteiger partial charge in [0, 0.05) is 55.7 Å². The van der Waals surface area contributed by atoms with E-state index in [1.54, 1.807) is 0 Å². The predicted molar refractivity (Wildman–Crippen MR) is 165 cm³/mol. The summed E-state index contributed by atoms with van der Waals surface area (Å²) < 4.78 is 7.59. The van der Waals surface area contributed by atoms with Crippen molar-refractivity contribution in [2.45, 2.75) is 58.3 Å². The van der Waals surface area contributed by atoms with Crippen LogP contribution in [0.1, 0.15) is 59.8 Å². The van der Waals surface area contributed by atoms with E-state index in [2.05, 4.69) is 58.4 Å². The number of pyridine rings is 1. The Bertz CT molecular complexity index is 1400. The van der Waals surface area contributed by atoms with Gasteiger partial charge in [-0.2, -0.15) is 5.10 Å². The van der Waals surface area contributed by atoms with E-state index in [0.717, 1.165) is 99.1 Å². The average molecular weight is 573 g/mol. The minimum atomic E-state index is -0.757. The predicted octanol–water partition coefficient (Wildman–Crippen LogP) is 4.59. The number of rotatable bonds is 10. The largest absolute Gasteiger partial charge is 0.481 e. The number of nitrogens with one attached hydrogen (secondary N) is 1. The van der Waals surface area contributed by atoms with E-state index in [0.29, 0.717) is 19.1 Å². The molecular formula is C33H44N6O3. The molecule has 2 N–H and O–H groups in total. The summed E-state index contributed by atoms with van der Waals surface area (Å²) in [6.45, 7) is 10.9. The molecule has 42 heavy (non-hydrogen) atoms. The van der Waals surface area contributed by atoms with E-state index in [4.69, 9.17) is 14.8 Å². The van der Waals surface area contributed by atoms with Gasteiger partial charge in [0.05, 0.1) is 31.0 Å². The van der Waals surface area contributed by atoms with Gasteiger partial charge in [0.15, 0.2) is 0 Å². The zero-order chi connectivity index (χ0) is 29.1. The van der Waals surface area contributed by atoms with Crippen molar-refractivity contribution in [2.75, 3.05) is 62.7 Å². The molecule has 2 atom stereocenters. The number of ether oxygens (including phenoxy) is 1. The monoisotopic (exact) mass is 572 g/mol. The number of benzene rings is 1. The van der Waals surface area contributed by atoms with E-state index in [9.17, 15) is 9.90 Å². The van der Waals surface area contributed by atoms with Crippen molar-refractivity contribution in [2.24, 2.45) is 5.92 Å². The summed E-state index contributed by atoms with van der Waals surface area (Å²) in [4.78, 5) is 21.8. The molecule has 6 rings (SSSR count). The van der Waals surface area contributed by atoms with Crippen LogP contribution in [0.2, 0.25) is 0 Å². The zero-order valence-electron chi connectivity index (χ0n) is 25.0. The summed E-state index contributed by atoms with van der Waals surface area (Å²) in [7, 11) is 0. The Hall–Kier alpha value is -3.43. The maximum Gasteiger partial charge on any atom is 0.304 e. The van der Waals surface area contributed by atoms with Crippen molar-refractivity contribution >= 4 is 17.5 Å². The quantitative estimate of drug-likeness (QED) is 0.364. The van der Waals surface area contributed by atoms with E-state index in [1.165, 1.54) is 17.7 Å². The molecule has 0 amide bonds. The molecule has 2 saturated heterocycles. The van der Waals surface area contributed by atoms with Crippen molar-refractivity contribution in [3.05, 3.63) is 64.6 Å². The van der Waals surface area contributed by atoms with Gasteiger partial charge in [0.1, 0.15) is 5.82 Å². The topological polar surface area (TPSA) is 95.8 Å². The van der Waals surface area contributed by atoms with Crippen LogP contribution in [-0.4, -0.2) is 83.2 Å². The number of aromatic nitrogens is 3. The highest BCUT2D eigenvalue weighted by Gasteiger charge is 2.28. The van der Waals surface area contributed by atoms with Crippen molar-refractivity contribution in [1.82, 2.24) is 19.7 Å². The number of hydrogen-bond acceptors (Lipinski definition) is 7. The van der Waals surface area contributed by atoms with E-state index in [-0.39, 0.29) is 12.3 Å². The van der Waals surface area contributed by atoms with Crippen LogP contribution in [0.5, 0.6) is 0 Å². The van der Waals surface area contributed by atoms with Crippen molar-refractivity contribution in [3.63, 3.8) is 0 Å². The first-order valence-corrected chi connectivity index (χ1v) is 15.6. The average Bonchev–Trinajstić information content (AvgIpc) is 3.60. The molecule has 3 aliphatic rings. The maximum atomic E-state index is 12.1. The second kappa shape index (κ2) is 12.8. The maximum absolute atomic E-state index is 12.1. The number of hydrogen-bond donors (Lipinski definition) is 2. The van der Waals surface area contributed by atoms with Gasteiger partial charge < -0.3 is 25.0 Å². The molecule has 0 spiro atoms. The van der Waals surface area contributed by atoms with E-state index < -0.39 is 5.97 Å². The zero-order valence-corrected chi connectivity index (χ0v) is 25.0. The molecule has 0 aliphatic carbocycles. The molecule has 0 radical (unpaired) electrons. The number of aryl methyl sites for hydroxylation is 4. The molecule has 1 aromatic carbocycles. The fraction of sp³-hybridized carbons (Fsp3) is 0.545. The Kier molecular flexibility index (Phi) is 8.76. The number of carboxylic acids is 1. The summed E-state index contributed by atoms with van der Waals surface area (Å²) in [6.07, 6.45) is 5.64. The Morgan fingerprint density at radius 1 is 1.12 bits per heavy atom. The third-order valence-corrected chi connectivity index (χ3v) is 9.06. The number of nitrogens with zero attached hydrogens (tertiary/aromatic N) is 5. The number of anilines is 2. The van der Waals surface area contributed by atoms with E-state index >= 15 is 0 Å². The molecule has 0 saturated carbocycles. The number of carbonyl (C=O) groups is 1. The first kappa shape index (κ1) is 28.7. The fourth-order valence-corrected chi connectivity index (χ4v) is 6.86. The first-order chi connectivity index (χ1) is 20.4. The van der Waals surface area contributed by atoms with Gasteiger partial charge in [-0.05, 0) is 99.9 Å². The molecule has 9 heteroatoms. The highest BCUT2D eigenvalue weighted by Crippen LogP contribution is 2.32. The van der Waals surface area contributed by atoms with Crippen LogP contribution >= 0.6 is 0 Å². The number of fused-ring (bicyclic) bond motifs is 1. The lowest BCUT2D eigenvalue weighted by Crippen LogP contribution is -2.36. The number of morpholine rings is 1. The molecule has 2 fully saturated rings. The van der Waals surface area contributed by atoms with Gasteiger partial charge in [-0.1, -0.05) is 6.07 Å². The van der Waals surface area contributed by atoms with Crippen LogP contribution in [0.3, 0.4) is 0 Å². The SMILES string of the molecule is Cc1cc(C)n(-c2cc([C@@H](CC(=O)O)CN3CC[C@@H](CCc4ccc5c(n4)NCCC5)C3)cc(N3CCOCC3)c2)n1. The lowest BCUT2D eigenvalue weighted by molar-refractivity contribution is -0.137. The van der Waals surface area contributed by atoms with Crippen LogP contribution in [0.25, 0.3) is 5.69 Å². The third kappa shape index (κ3) is 6.79. The Labute approximate surface area is 248 Å². The standard InChI is InChI=1S/C33H44N6O3/c1-23-16-24(2)39(36-23)31-18-27(17-30(20-31)38-12-14-42-15-13-38)28(19-32(40)41)22-37-11-9-25(21-37)5-7-29-8-6-26-4-3-10-34-33(26)35-29/h6,8,16-18,20,25,28H,3-5,7,9-15,19,21-22H2,1-2H3,(H,34,35)(H,40,41)/t25-,28+/m1/s1. The van der Waals surface area contributed by atoms with Gasteiger partial charge in [0.25, 0.3) is 0 Å². The number of carboxylic acid groups (broad SMARTS) is 1. The van der Waals surface area contributed by atoms with Crippen molar-refractivity contribution in [3.8, 4) is 5.69 Å². The van der Waals surface area contributed by atoms with Crippen LogP contribution < -0.4 is 10.2 Å². The molecular weight excluding hydrogens is 528 g/mol. The Morgan fingerprint density at radius 3 is 2.74 bits per heavy atom. The molecule has 5 heterocycles. The second-order valence-corrected chi connectivity index (χ2v) is 12.3. The Morgan fingerprint density at radius 2 is 1.95 bits per heavy atom. The van der Waals surface area contributed by atoms with E-state index in [1.807, 2.05) is 11.6 Å². The normalized spacial score (nSPS) is 19.9. The molecule has 0 bridgehead atoms. The van der Waals surface area contributed by atoms with Gasteiger partial charge in [-0.25, -0.2) is 9.67 Å². The van der Waals surface area contributed by atoms with Crippen LogP contribution in [0.4, 0.5) is 11.5 Å². The lowest BCUT2D eigenvalue weighted by atomic mass is 9.93. The molecule has 2 aromatic heterocycles.